The van der Waals surface area contributed by atoms with Crippen LogP contribution < -0.4 is 5.32 Å². The smallest absolute Gasteiger partial charge is 0.170 e. The highest BCUT2D eigenvalue weighted by atomic mass is 16.1. The summed E-state index contributed by atoms with van der Waals surface area (Å²) in [5.74, 6) is 0.237. The Bertz CT molecular complexity index is 648. The molecule has 1 N–H and O–H groups in total. The van der Waals surface area contributed by atoms with Gasteiger partial charge in [-0.05, 0) is 36.1 Å². The zero-order valence-electron chi connectivity index (χ0n) is 12.4. The molecular formula is C19H21NO. The van der Waals surface area contributed by atoms with Gasteiger partial charge in [0.2, 0.25) is 0 Å². The standard InChI is InChI=1S/C19H21NO/c1-2-6-14-7-5-8-15(13-14)19(21)17-11-12-20-18-10-4-3-9-16(17)18/h3-5,7-10,13,17,20H,2,6,11-12H2,1H3. The number of ketones is 1. The topological polar surface area (TPSA) is 29.1 Å². The van der Waals surface area contributed by atoms with E-state index in [9.17, 15) is 4.79 Å². The Morgan fingerprint density at radius 2 is 2.05 bits per heavy atom. The van der Waals surface area contributed by atoms with Crippen molar-refractivity contribution in [2.45, 2.75) is 32.1 Å². The number of hydrogen-bond donors (Lipinski definition) is 1. The molecule has 108 valence electrons. The summed E-state index contributed by atoms with van der Waals surface area (Å²) in [6, 6.07) is 16.3. The molecule has 2 nitrogen and oxygen atoms in total. The fraction of sp³-hybridized carbons (Fsp3) is 0.316. The lowest BCUT2D eigenvalue weighted by Crippen LogP contribution is -2.23. The van der Waals surface area contributed by atoms with Gasteiger partial charge in [-0.25, -0.2) is 0 Å². The molecule has 2 heteroatoms. The van der Waals surface area contributed by atoms with E-state index in [0.717, 1.165) is 42.6 Å². The maximum Gasteiger partial charge on any atom is 0.170 e. The van der Waals surface area contributed by atoms with Gasteiger partial charge in [-0.1, -0.05) is 49.7 Å². The molecular weight excluding hydrogens is 258 g/mol. The van der Waals surface area contributed by atoms with Gasteiger partial charge in [0.15, 0.2) is 5.78 Å². The number of anilines is 1. The SMILES string of the molecule is CCCc1cccc(C(=O)C2CCNc3ccccc32)c1. The van der Waals surface area contributed by atoms with Crippen molar-refractivity contribution in [1.82, 2.24) is 0 Å². The highest BCUT2D eigenvalue weighted by Crippen LogP contribution is 2.33. The van der Waals surface area contributed by atoms with Crippen LogP contribution in [0, 0.1) is 0 Å². The van der Waals surface area contributed by atoms with E-state index in [1.165, 1.54) is 5.56 Å². The van der Waals surface area contributed by atoms with Crippen LogP contribution >= 0.6 is 0 Å². The summed E-state index contributed by atoms with van der Waals surface area (Å²) >= 11 is 0. The van der Waals surface area contributed by atoms with Crippen LogP contribution in [-0.2, 0) is 6.42 Å². The van der Waals surface area contributed by atoms with E-state index >= 15 is 0 Å². The van der Waals surface area contributed by atoms with Gasteiger partial charge in [0.1, 0.15) is 0 Å². The zero-order chi connectivity index (χ0) is 14.7. The third-order valence-electron chi connectivity index (χ3n) is 4.15. The first-order valence-corrected chi connectivity index (χ1v) is 7.75. The van der Waals surface area contributed by atoms with Crippen LogP contribution in [-0.4, -0.2) is 12.3 Å². The maximum absolute atomic E-state index is 12.9. The molecule has 2 aromatic carbocycles. The second-order valence-electron chi connectivity index (χ2n) is 5.67. The monoisotopic (exact) mass is 279 g/mol. The van der Waals surface area contributed by atoms with Gasteiger partial charge < -0.3 is 5.32 Å². The number of hydrogen-bond acceptors (Lipinski definition) is 2. The van der Waals surface area contributed by atoms with E-state index in [-0.39, 0.29) is 11.7 Å². The van der Waals surface area contributed by atoms with Crippen LogP contribution in [0.4, 0.5) is 5.69 Å². The fourth-order valence-electron chi connectivity index (χ4n) is 3.11. The van der Waals surface area contributed by atoms with E-state index in [0.29, 0.717) is 0 Å². The van der Waals surface area contributed by atoms with Gasteiger partial charge in [-0.15, -0.1) is 0 Å². The quantitative estimate of drug-likeness (QED) is 0.839. The minimum Gasteiger partial charge on any atom is -0.385 e. The van der Waals surface area contributed by atoms with Crippen molar-refractivity contribution < 1.29 is 4.79 Å². The van der Waals surface area contributed by atoms with E-state index in [2.05, 4.69) is 36.5 Å². The van der Waals surface area contributed by atoms with Gasteiger partial charge in [-0.3, -0.25) is 4.79 Å². The molecule has 1 aliphatic heterocycles. The molecule has 0 amide bonds. The van der Waals surface area contributed by atoms with Crippen LogP contribution in [0.1, 0.15) is 47.2 Å². The molecule has 3 rings (SSSR count). The predicted molar refractivity (Wildman–Crippen MR) is 87.1 cm³/mol. The Morgan fingerprint density at radius 3 is 2.90 bits per heavy atom. The summed E-state index contributed by atoms with van der Waals surface area (Å²) in [5.41, 5.74) is 4.34. The van der Waals surface area contributed by atoms with Gasteiger partial charge in [0.25, 0.3) is 0 Å². The van der Waals surface area contributed by atoms with Crippen LogP contribution in [0.25, 0.3) is 0 Å². The number of para-hydroxylation sites is 1. The molecule has 1 aliphatic rings. The predicted octanol–water partition coefficient (Wildman–Crippen LogP) is 4.42. The second kappa shape index (κ2) is 6.13. The first kappa shape index (κ1) is 13.9. The van der Waals surface area contributed by atoms with Crippen molar-refractivity contribution in [1.29, 1.82) is 0 Å². The largest absolute Gasteiger partial charge is 0.385 e. The molecule has 0 bridgehead atoms. The first-order chi connectivity index (χ1) is 10.3. The van der Waals surface area contributed by atoms with E-state index in [1.807, 2.05) is 24.3 Å². The number of aryl methyl sites for hydroxylation is 1. The number of Topliss-reactive ketones (excluding diaryl/α,β-unsaturated/α-hetero) is 1. The molecule has 1 unspecified atom stereocenters. The number of carbonyl (C=O) groups excluding carboxylic acids is 1. The van der Waals surface area contributed by atoms with Crippen molar-refractivity contribution in [2.24, 2.45) is 0 Å². The highest BCUT2D eigenvalue weighted by Gasteiger charge is 2.26. The summed E-state index contributed by atoms with van der Waals surface area (Å²) in [6.45, 7) is 3.03. The average Bonchev–Trinajstić information content (AvgIpc) is 2.54. The maximum atomic E-state index is 12.9. The zero-order valence-corrected chi connectivity index (χ0v) is 12.4. The minimum atomic E-state index is -0.0145. The highest BCUT2D eigenvalue weighted by molar-refractivity contribution is 6.02. The summed E-state index contributed by atoms with van der Waals surface area (Å²) in [4.78, 5) is 12.9. The molecule has 1 heterocycles. The Labute approximate surface area is 126 Å². The van der Waals surface area contributed by atoms with E-state index < -0.39 is 0 Å². The summed E-state index contributed by atoms with van der Waals surface area (Å²) in [5, 5.41) is 3.38. The number of fused-ring (bicyclic) bond motifs is 1. The summed E-state index contributed by atoms with van der Waals surface area (Å²) < 4.78 is 0. The minimum absolute atomic E-state index is 0.0145. The van der Waals surface area contributed by atoms with Gasteiger partial charge in [-0.2, -0.15) is 0 Å². The van der Waals surface area contributed by atoms with E-state index in [1.54, 1.807) is 0 Å². The number of benzene rings is 2. The van der Waals surface area contributed by atoms with Gasteiger partial charge >= 0.3 is 0 Å². The van der Waals surface area contributed by atoms with Crippen molar-refractivity contribution in [2.75, 3.05) is 11.9 Å². The summed E-state index contributed by atoms with van der Waals surface area (Å²) in [7, 11) is 0. The van der Waals surface area contributed by atoms with Crippen molar-refractivity contribution in [3.8, 4) is 0 Å². The molecule has 0 radical (unpaired) electrons. The van der Waals surface area contributed by atoms with Crippen LogP contribution in [0.15, 0.2) is 48.5 Å². The Balaban J connectivity index is 1.91. The third kappa shape index (κ3) is 2.85. The average molecular weight is 279 g/mol. The number of rotatable bonds is 4. The van der Waals surface area contributed by atoms with Crippen LogP contribution in [0.5, 0.6) is 0 Å². The molecule has 0 aromatic heterocycles. The molecule has 0 saturated carbocycles. The van der Waals surface area contributed by atoms with Gasteiger partial charge in [0.05, 0.1) is 5.92 Å². The Morgan fingerprint density at radius 1 is 1.19 bits per heavy atom. The lowest BCUT2D eigenvalue weighted by molar-refractivity contribution is 0.0955. The van der Waals surface area contributed by atoms with Gasteiger partial charge in [0, 0.05) is 17.8 Å². The van der Waals surface area contributed by atoms with Crippen molar-refractivity contribution >= 4 is 11.5 Å². The van der Waals surface area contributed by atoms with Crippen LogP contribution in [0.2, 0.25) is 0 Å². The third-order valence-corrected chi connectivity index (χ3v) is 4.15. The number of nitrogens with one attached hydrogen (secondary N) is 1. The summed E-state index contributed by atoms with van der Waals surface area (Å²) in [6.07, 6.45) is 3.01. The lowest BCUT2D eigenvalue weighted by Gasteiger charge is -2.25. The normalized spacial score (nSPS) is 16.9. The van der Waals surface area contributed by atoms with E-state index in [4.69, 9.17) is 0 Å². The molecule has 2 aromatic rings. The fourth-order valence-corrected chi connectivity index (χ4v) is 3.11. The molecule has 0 fully saturated rings. The molecule has 0 saturated heterocycles. The second-order valence-corrected chi connectivity index (χ2v) is 5.67. The molecule has 21 heavy (non-hydrogen) atoms. The molecule has 0 spiro atoms. The number of carbonyl (C=O) groups is 1. The van der Waals surface area contributed by atoms with Crippen molar-refractivity contribution in [3.05, 3.63) is 65.2 Å². The molecule has 0 aliphatic carbocycles. The first-order valence-electron chi connectivity index (χ1n) is 7.75. The van der Waals surface area contributed by atoms with Crippen molar-refractivity contribution in [3.63, 3.8) is 0 Å². The Kier molecular flexibility index (Phi) is 4.05. The van der Waals surface area contributed by atoms with Crippen LogP contribution in [0.3, 0.4) is 0 Å². The lowest BCUT2D eigenvalue weighted by atomic mass is 9.84. The Hall–Kier alpha value is -2.09. The molecule has 1 atom stereocenters.